The zero-order valence-corrected chi connectivity index (χ0v) is 30.2. The van der Waals surface area contributed by atoms with E-state index in [9.17, 15) is 5.11 Å². The van der Waals surface area contributed by atoms with Gasteiger partial charge in [0.05, 0.1) is 33.5 Å². The third kappa shape index (κ3) is 4.95. The first-order valence-corrected chi connectivity index (χ1v) is 18.2. The second-order valence-corrected chi connectivity index (χ2v) is 14.8. The molecule has 3 aromatic heterocycles. The Kier molecular flexibility index (Phi) is 7.11. The Morgan fingerprint density at radius 3 is 2.22 bits per heavy atom. The summed E-state index contributed by atoms with van der Waals surface area (Å²) in [5, 5.41) is 13.5. The van der Waals surface area contributed by atoms with E-state index in [1.807, 2.05) is 54.6 Å². The second kappa shape index (κ2) is 12.1. The standard InChI is InChI=1S/C48H36N4O2/c1-48(2,3)32-27-28-37(36(29-32)31-15-5-4-6-16-31)52-41-23-14-22-40(45(41)49-47(52)35-18-7-11-25-43(35)53)50-30-51(39-21-10-9-20-38(39)50)42-24-13-19-34-33-17-8-12-26-44(33)54-46(34)42/h4-29,53H,1-3H3. The first-order chi connectivity index (χ1) is 26.3. The van der Waals surface area contributed by atoms with Gasteiger partial charge in [-0.05, 0) is 65.1 Å². The topological polar surface area (TPSA) is 60.0 Å². The number of nitrogens with zero attached hydrogens (tertiary/aromatic N) is 4. The van der Waals surface area contributed by atoms with Gasteiger partial charge in [0.25, 0.3) is 6.33 Å². The molecule has 0 aliphatic rings. The SMILES string of the molecule is CC(C)(C)c1ccc(-n2c(-c3ccccc3O)nc3c(-[n+]4[c-]n(-c5cccc6c5oc5ccccc56)c5ccccc54)cccc32)c(-c2ccccc2)c1. The number of phenolic OH excluding ortho intramolecular Hbond substituents is 1. The fourth-order valence-corrected chi connectivity index (χ4v) is 7.72. The summed E-state index contributed by atoms with van der Waals surface area (Å²) in [7, 11) is 0. The van der Waals surface area contributed by atoms with Gasteiger partial charge in [0.2, 0.25) is 0 Å². The molecule has 0 fully saturated rings. The van der Waals surface area contributed by atoms with Gasteiger partial charge >= 0.3 is 0 Å². The number of rotatable bonds is 5. The van der Waals surface area contributed by atoms with Gasteiger partial charge in [0, 0.05) is 16.3 Å². The third-order valence-electron chi connectivity index (χ3n) is 10.4. The zero-order valence-electron chi connectivity index (χ0n) is 30.2. The van der Waals surface area contributed by atoms with Gasteiger partial charge in [0.15, 0.2) is 0 Å². The van der Waals surface area contributed by atoms with Crippen LogP contribution >= 0.6 is 0 Å². The zero-order chi connectivity index (χ0) is 36.6. The number of aromatic nitrogens is 4. The summed E-state index contributed by atoms with van der Waals surface area (Å²) in [5.41, 5.74) is 12.0. The highest BCUT2D eigenvalue weighted by atomic mass is 16.3. The van der Waals surface area contributed by atoms with Crippen LogP contribution in [-0.4, -0.2) is 19.2 Å². The van der Waals surface area contributed by atoms with Gasteiger partial charge in [0.1, 0.15) is 33.9 Å². The van der Waals surface area contributed by atoms with Crippen molar-refractivity contribution < 1.29 is 14.1 Å². The van der Waals surface area contributed by atoms with Crippen LogP contribution in [0.15, 0.2) is 162 Å². The average molecular weight is 701 g/mol. The van der Waals surface area contributed by atoms with Crippen molar-refractivity contribution in [1.82, 2.24) is 14.1 Å². The molecule has 1 N–H and O–H groups in total. The lowest BCUT2D eigenvalue weighted by molar-refractivity contribution is -0.571. The summed E-state index contributed by atoms with van der Waals surface area (Å²) in [4.78, 5) is 5.40. The van der Waals surface area contributed by atoms with Crippen LogP contribution in [0.5, 0.6) is 5.75 Å². The van der Waals surface area contributed by atoms with E-state index >= 15 is 0 Å². The Bertz CT molecular complexity index is 3050. The molecule has 7 aromatic carbocycles. The molecule has 260 valence electrons. The summed E-state index contributed by atoms with van der Waals surface area (Å²) >= 11 is 0. The molecule has 3 heterocycles. The maximum absolute atomic E-state index is 11.3. The van der Waals surface area contributed by atoms with Gasteiger partial charge in [-0.2, -0.15) is 0 Å². The molecule has 6 heteroatoms. The quantitative estimate of drug-likeness (QED) is 0.144. The molecule has 0 radical (unpaired) electrons. The van der Waals surface area contributed by atoms with Crippen LogP contribution in [0, 0.1) is 6.33 Å². The molecule has 0 unspecified atom stereocenters. The number of aromatic hydroxyl groups is 1. The van der Waals surface area contributed by atoms with Crippen molar-refractivity contribution in [1.29, 1.82) is 0 Å². The first-order valence-electron chi connectivity index (χ1n) is 18.2. The van der Waals surface area contributed by atoms with Crippen LogP contribution in [0.25, 0.3) is 83.6 Å². The van der Waals surface area contributed by atoms with E-state index in [1.54, 1.807) is 6.07 Å². The maximum atomic E-state index is 11.3. The Hall–Kier alpha value is -6.92. The highest BCUT2D eigenvalue weighted by Gasteiger charge is 2.25. The van der Waals surface area contributed by atoms with Crippen molar-refractivity contribution >= 4 is 44.0 Å². The number of imidazole rings is 2. The Balaban J connectivity index is 1.26. The molecule has 0 saturated heterocycles. The van der Waals surface area contributed by atoms with Crippen LogP contribution in [0.2, 0.25) is 0 Å². The van der Waals surface area contributed by atoms with E-state index in [-0.39, 0.29) is 11.2 Å². The van der Waals surface area contributed by atoms with Crippen molar-refractivity contribution in [2.24, 2.45) is 0 Å². The van der Waals surface area contributed by atoms with Gasteiger partial charge in [-0.25, -0.2) is 4.98 Å². The van der Waals surface area contributed by atoms with Crippen molar-refractivity contribution in [3.05, 3.63) is 170 Å². The summed E-state index contributed by atoms with van der Waals surface area (Å²) in [6.45, 7) is 6.71. The summed E-state index contributed by atoms with van der Waals surface area (Å²) < 4.78 is 12.9. The number of hydrogen-bond donors (Lipinski definition) is 1. The minimum atomic E-state index is -0.0554. The molecule has 0 aliphatic heterocycles. The monoisotopic (exact) mass is 700 g/mol. The largest absolute Gasteiger partial charge is 0.507 e. The minimum absolute atomic E-state index is 0.0554. The van der Waals surface area contributed by atoms with Gasteiger partial charge < -0.3 is 9.52 Å². The highest BCUT2D eigenvalue weighted by Crippen LogP contribution is 2.40. The Morgan fingerprint density at radius 1 is 0.648 bits per heavy atom. The predicted octanol–water partition coefficient (Wildman–Crippen LogP) is 11.3. The first kappa shape index (κ1) is 31.8. The fraction of sp³-hybridized carbons (Fsp3) is 0.0833. The van der Waals surface area contributed by atoms with Gasteiger partial charge in [-0.1, -0.05) is 130 Å². The van der Waals surface area contributed by atoms with Crippen molar-refractivity contribution in [2.75, 3.05) is 0 Å². The predicted molar refractivity (Wildman–Crippen MR) is 217 cm³/mol. The molecule has 10 rings (SSSR count). The molecule has 10 aromatic rings. The van der Waals surface area contributed by atoms with Crippen LogP contribution in [0.4, 0.5) is 0 Å². The minimum Gasteiger partial charge on any atom is -0.507 e. The van der Waals surface area contributed by atoms with Crippen molar-refractivity contribution in [3.63, 3.8) is 0 Å². The number of fused-ring (bicyclic) bond motifs is 5. The molecule has 0 atom stereocenters. The lowest BCUT2D eigenvalue weighted by Gasteiger charge is -2.23. The van der Waals surface area contributed by atoms with E-state index in [0.717, 1.165) is 72.2 Å². The maximum Gasteiger partial charge on any atom is 0.270 e. The molecular weight excluding hydrogens is 665 g/mol. The molecule has 6 nitrogen and oxygen atoms in total. The third-order valence-corrected chi connectivity index (χ3v) is 10.4. The lowest BCUT2D eigenvalue weighted by Crippen LogP contribution is -2.30. The summed E-state index contributed by atoms with van der Waals surface area (Å²) in [6, 6.07) is 53.6. The number of hydrogen-bond acceptors (Lipinski definition) is 3. The number of para-hydroxylation sites is 6. The Morgan fingerprint density at radius 2 is 1.37 bits per heavy atom. The van der Waals surface area contributed by atoms with Crippen LogP contribution in [0.3, 0.4) is 0 Å². The van der Waals surface area contributed by atoms with Gasteiger partial charge in [-0.3, -0.25) is 13.7 Å². The smallest absolute Gasteiger partial charge is 0.270 e. The normalized spacial score (nSPS) is 12.1. The van der Waals surface area contributed by atoms with Crippen molar-refractivity contribution in [2.45, 2.75) is 26.2 Å². The van der Waals surface area contributed by atoms with Crippen LogP contribution in [0.1, 0.15) is 26.3 Å². The number of phenols is 1. The summed E-state index contributed by atoms with van der Waals surface area (Å²) in [5.74, 6) is 0.811. The molecule has 0 saturated carbocycles. The van der Waals surface area contributed by atoms with Gasteiger partial charge in [-0.15, -0.1) is 0 Å². The molecule has 0 bridgehead atoms. The second-order valence-electron chi connectivity index (χ2n) is 14.8. The Labute approximate surface area is 312 Å². The van der Waals surface area contributed by atoms with Crippen LogP contribution in [-0.2, 0) is 5.41 Å². The molecule has 0 aliphatic carbocycles. The molecule has 54 heavy (non-hydrogen) atoms. The molecular formula is C48H36N4O2. The van der Waals surface area contributed by atoms with E-state index in [1.165, 1.54) is 5.56 Å². The average Bonchev–Trinajstić information content (AvgIpc) is 3.90. The number of furan rings is 1. The van der Waals surface area contributed by atoms with E-state index in [2.05, 4.69) is 138 Å². The molecule has 0 spiro atoms. The van der Waals surface area contributed by atoms with E-state index < -0.39 is 0 Å². The van der Waals surface area contributed by atoms with Crippen molar-refractivity contribution in [3.8, 4) is 45.3 Å². The fourth-order valence-electron chi connectivity index (χ4n) is 7.72. The van der Waals surface area contributed by atoms with Crippen LogP contribution < -0.4 is 4.57 Å². The molecule has 0 amide bonds. The summed E-state index contributed by atoms with van der Waals surface area (Å²) in [6.07, 6.45) is 3.71. The lowest BCUT2D eigenvalue weighted by atomic mass is 9.85. The highest BCUT2D eigenvalue weighted by molar-refractivity contribution is 6.07. The van der Waals surface area contributed by atoms with E-state index in [0.29, 0.717) is 11.4 Å². The van der Waals surface area contributed by atoms with E-state index in [4.69, 9.17) is 9.40 Å². The number of benzene rings is 7.